The fourth-order valence-electron chi connectivity index (χ4n) is 2.63. The van der Waals surface area contributed by atoms with E-state index in [4.69, 9.17) is 16.7 Å². The number of nitrogens with zero attached hydrogens (tertiary/aromatic N) is 1. The topological polar surface area (TPSA) is 40.5 Å². The molecule has 20 heavy (non-hydrogen) atoms. The van der Waals surface area contributed by atoms with Crippen molar-refractivity contribution in [1.82, 2.24) is 4.90 Å². The van der Waals surface area contributed by atoms with Gasteiger partial charge in [0.05, 0.1) is 5.41 Å². The summed E-state index contributed by atoms with van der Waals surface area (Å²) in [6.45, 7) is 4.77. The highest BCUT2D eigenvalue weighted by molar-refractivity contribution is 6.30. The first-order valence-corrected chi connectivity index (χ1v) is 7.57. The molecule has 0 spiro atoms. The molecule has 0 heterocycles. The van der Waals surface area contributed by atoms with Crippen molar-refractivity contribution in [2.45, 2.75) is 44.6 Å². The Balaban J connectivity index is 2.19. The lowest BCUT2D eigenvalue weighted by Crippen LogP contribution is -2.44. The van der Waals surface area contributed by atoms with E-state index < -0.39 is 0 Å². The zero-order valence-corrected chi connectivity index (χ0v) is 12.9. The van der Waals surface area contributed by atoms with E-state index in [1.165, 1.54) is 0 Å². The molecule has 1 saturated carbocycles. The summed E-state index contributed by atoms with van der Waals surface area (Å²) in [6.07, 6.45) is 2.42. The van der Waals surface area contributed by atoms with Crippen LogP contribution in [-0.4, -0.2) is 35.1 Å². The molecule has 0 atom stereocenters. The number of aliphatic hydroxyl groups is 1. The summed E-state index contributed by atoms with van der Waals surface area (Å²) in [7, 11) is 0. The molecule has 110 valence electrons. The van der Waals surface area contributed by atoms with Crippen LogP contribution in [0.3, 0.4) is 0 Å². The summed E-state index contributed by atoms with van der Waals surface area (Å²) >= 11 is 5.92. The monoisotopic (exact) mass is 295 g/mol. The van der Waals surface area contributed by atoms with Gasteiger partial charge in [-0.25, -0.2) is 0 Å². The van der Waals surface area contributed by atoms with E-state index >= 15 is 0 Å². The molecule has 0 radical (unpaired) electrons. The Morgan fingerprint density at radius 2 is 1.95 bits per heavy atom. The van der Waals surface area contributed by atoms with Crippen molar-refractivity contribution >= 4 is 17.5 Å². The van der Waals surface area contributed by atoms with Crippen LogP contribution in [0.1, 0.15) is 38.7 Å². The van der Waals surface area contributed by atoms with E-state index in [2.05, 4.69) is 0 Å². The molecule has 1 aromatic rings. The second-order valence-corrected chi connectivity index (χ2v) is 6.19. The first kappa shape index (κ1) is 15.3. The molecule has 1 aromatic carbocycles. The minimum absolute atomic E-state index is 0.116. The van der Waals surface area contributed by atoms with E-state index in [0.717, 1.165) is 18.4 Å². The van der Waals surface area contributed by atoms with Gasteiger partial charge in [-0.2, -0.15) is 0 Å². The third kappa shape index (κ3) is 2.99. The first-order valence-electron chi connectivity index (χ1n) is 7.19. The maximum atomic E-state index is 12.9. The molecule has 1 N–H and O–H groups in total. The van der Waals surface area contributed by atoms with Crippen LogP contribution in [0.4, 0.5) is 0 Å². The molecule has 1 amide bonds. The average Bonchev–Trinajstić information content (AvgIpc) is 3.21. The van der Waals surface area contributed by atoms with Crippen molar-refractivity contribution in [3.63, 3.8) is 0 Å². The third-order valence-electron chi connectivity index (χ3n) is 4.00. The van der Waals surface area contributed by atoms with E-state index in [1.807, 2.05) is 43.0 Å². The van der Waals surface area contributed by atoms with Crippen LogP contribution < -0.4 is 0 Å². The lowest BCUT2D eigenvalue weighted by Gasteiger charge is -2.31. The van der Waals surface area contributed by atoms with Gasteiger partial charge in [-0.05, 0) is 50.8 Å². The van der Waals surface area contributed by atoms with Gasteiger partial charge in [0.25, 0.3) is 0 Å². The van der Waals surface area contributed by atoms with Gasteiger partial charge in [0.2, 0.25) is 5.91 Å². The van der Waals surface area contributed by atoms with Gasteiger partial charge in [0.1, 0.15) is 0 Å². The first-order chi connectivity index (χ1) is 9.51. The van der Waals surface area contributed by atoms with E-state index in [9.17, 15) is 4.79 Å². The van der Waals surface area contributed by atoms with Crippen LogP contribution in [0, 0.1) is 0 Å². The molecule has 4 heteroatoms. The maximum absolute atomic E-state index is 12.9. The average molecular weight is 296 g/mol. The van der Waals surface area contributed by atoms with Crippen molar-refractivity contribution in [3.8, 4) is 0 Å². The summed E-state index contributed by atoms with van der Waals surface area (Å²) in [5.74, 6) is 0.184. The summed E-state index contributed by atoms with van der Waals surface area (Å²) in [4.78, 5) is 14.8. The summed E-state index contributed by atoms with van der Waals surface area (Å²) in [5, 5.41) is 9.68. The second kappa shape index (κ2) is 6.15. The Morgan fingerprint density at radius 1 is 1.35 bits per heavy atom. The smallest absolute Gasteiger partial charge is 0.233 e. The predicted molar refractivity (Wildman–Crippen MR) is 80.9 cm³/mol. The second-order valence-electron chi connectivity index (χ2n) is 5.76. The lowest BCUT2D eigenvalue weighted by molar-refractivity contribution is -0.135. The molecule has 1 aliphatic rings. The molecule has 0 aliphatic heterocycles. The fraction of sp³-hybridized carbons (Fsp3) is 0.562. The number of carbonyl (C=O) groups is 1. The van der Waals surface area contributed by atoms with Gasteiger partial charge >= 0.3 is 0 Å². The number of benzene rings is 1. The SMILES string of the molecule is CC(C)N(CCCO)C(=O)C1(c2ccc(Cl)cc2)CC1. The van der Waals surface area contributed by atoms with Gasteiger partial charge in [-0.1, -0.05) is 23.7 Å². The molecule has 0 saturated heterocycles. The van der Waals surface area contributed by atoms with Crippen LogP contribution in [0.25, 0.3) is 0 Å². The number of carbonyl (C=O) groups excluding carboxylic acids is 1. The Hall–Kier alpha value is -1.06. The molecule has 1 aliphatic carbocycles. The van der Waals surface area contributed by atoms with Crippen molar-refractivity contribution in [3.05, 3.63) is 34.9 Å². The quantitative estimate of drug-likeness (QED) is 0.876. The molecular formula is C16H22ClNO2. The molecule has 1 fully saturated rings. The normalized spacial score (nSPS) is 16.2. The Bertz CT molecular complexity index is 466. The van der Waals surface area contributed by atoms with Crippen LogP contribution in [0.15, 0.2) is 24.3 Å². The molecule has 3 nitrogen and oxygen atoms in total. The molecule has 2 rings (SSSR count). The van der Waals surface area contributed by atoms with Crippen molar-refractivity contribution in [2.24, 2.45) is 0 Å². The van der Waals surface area contributed by atoms with Crippen molar-refractivity contribution < 1.29 is 9.90 Å². The van der Waals surface area contributed by atoms with E-state index in [1.54, 1.807) is 0 Å². The van der Waals surface area contributed by atoms with Crippen molar-refractivity contribution in [2.75, 3.05) is 13.2 Å². The Kier molecular flexibility index (Phi) is 4.71. The minimum atomic E-state index is -0.357. The summed E-state index contributed by atoms with van der Waals surface area (Å²) in [6, 6.07) is 7.75. The van der Waals surface area contributed by atoms with Crippen LogP contribution >= 0.6 is 11.6 Å². The Morgan fingerprint density at radius 3 is 2.40 bits per heavy atom. The highest BCUT2D eigenvalue weighted by Crippen LogP contribution is 2.50. The lowest BCUT2D eigenvalue weighted by atomic mass is 9.93. The van der Waals surface area contributed by atoms with Gasteiger partial charge < -0.3 is 10.0 Å². The van der Waals surface area contributed by atoms with Crippen LogP contribution in [-0.2, 0) is 10.2 Å². The molecule has 0 aromatic heterocycles. The largest absolute Gasteiger partial charge is 0.396 e. The van der Waals surface area contributed by atoms with Crippen LogP contribution in [0.2, 0.25) is 5.02 Å². The highest BCUT2D eigenvalue weighted by atomic mass is 35.5. The van der Waals surface area contributed by atoms with Gasteiger partial charge in [0, 0.05) is 24.2 Å². The molecule has 0 unspecified atom stereocenters. The number of aliphatic hydroxyl groups excluding tert-OH is 1. The Labute approximate surface area is 125 Å². The summed E-state index contributed by atoms with van der Waals surface area (Å²) in [5.41, 5.74) is 0.700. The maximum Gasteiger partial charge on any atom is 0.233 e. The number of halogens is 1. The molecule has 0 bridgehead atoms. The fourth-order valence-corrected chi connectivity index (χ4v) is 2.76. The minimum Gasteiger partial charge on any atom is -0.396 e. The van der Waals surface area contributed by atoms with Gasteiger partial charge in [0.15, 0.2) is 0 Å². The third-order valence-corrected chi connectivity index (χ3v) is 4.25. The number of amides is 1. The van der Waals surface area contributed by atoms with Gasteiger partial charge in [-0.3, -0.25) is 4.79 Å². The summed E-state index contributed by atoms with van der Waals surface area (Å²) < 4.78 is 0. The molecular weight excluding hydrogens is 274 g/mol. The standard InChI is InChI=1S/C16H22ClNO2/c1-12(2)18(10-3-11-19)15(20)16(8-9-16)13-4-6-14(17)7-5-13/h4-7,12,19H,3,8-11H2,1-2H3. The van der Waals surface area contributed by atoms with Crippen LogP contribution in [0.5, 0.6) is 0 Å². The van der Waals surface area contributed by atoms with E-state index in [0.29, 0.717) is 18.0 Å². The number of hydrogen-bond donors (Lipinski definition) is 1. The number of rotatable bonds is 6. The van der Waals surface area contributed by atoms with Gasteiger partial charge in [-0.15, -0.1) is 0 Å². The predicted octanol–water partition coefficient (Wildman–Crippen LogP) is 2.99. The zero-order valence-electron chi connectivity index (χ0n) is 12.1. The van der Waals surface area contributed by atoms with E-state index in [-0.39, 0.29) is 24.0 Å². The highest BCUT2D eigenvalue weighted by Gasteiger charge is 2.53. The number of hydrogen-bond acceptors (Lipinski definition) is 2. The van der Waals surface area contributed by atoms with Crippen molar-refractivity contribution in [1.29, 1.82) is 0 Å². The zero-order chi connectivity index (χ0) is 14.8.